The Morgan fingerprint density at radius 1 is 1.12 bits per heavy atom. The predicted molar refractivity (Wildman–Crippen MR) is 63.1 cm³/mol. The highest BCUT2D eigenvalue weighted by Gasteiger charge is 2.06. The lowest BCUT2D eigenvalue weighted by Crippen LogP contribution is -1.92. The van der Waals surface area contributed by atoms with Crippen molar-refractivity contribution in [1.29, 1.82) is 5.26 Å². The van der Waals surface area contributed by atoms with Crippen LogP contribution in [0.15, 0.2) is 48.9 Å². The van der Waals surface area contributed by atoms with E-state index in [1.54, 1.807) is 4.52 Å². The minimum Gasteiger partial charge on any atom is -0.219 e. The molecule has 0 aliphatic heterocycles. The lowest BCUT2D eigenvalue weighted by atomic mass is 10.1. The number of aromatic nitrogens is 3. The van der Waals surface area contributed by atoms with E-state index in [1.807, 2.05) is 42.6 Å². The van der Waals surface area contributed by atoms with Crippen LogP contribution in [0.5, 0.6) is 0 Å². The Morgan fingerprint density at radius 2 is 1.94 bits per heavy atom. The van der Waals surface area contributed by atoms with E-state index in [0.29, 0.717) is 11.2 Å². The van der Waals surface area contributed by atoms with Crippen molar-refractivity contribution in [1.82, 2.24) is 14.6 Å². The molecule has 0 radical (unpaired) electrons. The van der Waals surface area contributed by atoms with E-state index >= 15 is 0 Å². The molecule has 0 unspecified atom stereocenters. The van der Waals surface area contributed by atoms with Gasteiger partial charge in [-0.15, -0.1) is 0 Å². The molecule has 0 aliphatic rings. The Kier molecular flexibility index (Phi) is 2.09. The molecule has 1 aromatic carbocycles. The monoisotopic (exact) mass is 220 g/mol. The van der Waals surface area contributed by atoms with Crippen LogP contribution >= 0.6 is 0 Å². The van der Waals surface area contributed by atoms with Gasteiger partial charge in [0.15, 0.2) is 5.65 Å². The first-order valence-electron chi connectivity index (χ1n) is 5.17. The molecule has 0 spiro atoms. The maximum atomic E-state index is 9.09. The van der Waals surface area contributed by atoms with Gasteiger partial charge in [0.25, 0.3) is 0 Å². The lowest BCUT2D eigenvalue weighted by Gasteiger charge is -2.03. The maximum Gasteiger partial charge on any atom is 0.173 e. The summed E-state index contributed by atoms with van der Waals surface area (Å²) in [6, 6.07) is 13.9. The molecular weight excluding hydrogens is 212 g/mol. The van der Waals surface area contributed by atoms with Gasteiger partial charge < -0.3 is 0 Å². The third-order valence-corrected chi connectivity index (χ3v) is 2.60. The van der Waals surface area contributed by atoms with Crippen LogP contribution in [0.3, 0.4) is 0 Å². The second-order valence-corrected chi connectivity index (χ2v) is 3.65. The van der Waals surface area contributed by atoms with Gasteiger partial charge in [0, 0.05) is 11.8 Å². The molecular formula is C13H8N4. The largest absolute Gasteiger partial charge is 0.219 e. The van der Waals surface area contributed by atoms with E-state index in [1.165, 1.54) is 6.33 Å². The standard InChI is InChI=1S/C13H8N4/c14-7-11-6-12(10-4-2-1-3-5-10)8-17-13(11)15-9-16-17/h1-6,8-9H. The zero-order valence-electron chi connectivity index (χ0n) is 8.91. The average Bonchev–Trinajstić information content (AvgIpc) is 2.86. The zero-order valence-corrected chi connectivity index (χ0v) is 8.91. The zero-order chi connectivity index (χ0) is 11.7. The lowest BCUT2D eigenvalue weighted by molar-refractivity contribution is 0.961. The molecule has 0 N–H and O–H groups in total. The van der Waals surface area contributed by atoms with E-state index in [4.69, 9.17) is 5.26 Å². The highest BCUT2D eigenvalue weighted by atomic mass is 15.3. The van der Waals surface area contributed by atoms with Crippen molar-refractivity contribution in [3.05, 3.63) is 54.5 Å². The Balaban J connectivity index is 2.29. The van der Waals surface area contributed by atoms with Crippen molar-refractivity contribution >= 4 is 5.65 Å². The molecule has 0 amide bonds. The molecule has 0 bridgehead atoms. The van der Waals surface area contributed by atoms with E-state index in [9.17, 15) is 0 Å². The van der Waals surface area contributed by atoms with Crippen LogP contribution in [0.2, 0.25) is 0 Å². The Morgan fingerprint density at radius 3 is 2.71 bits per heavy atom. The topological polar surface area (TPSA) is 54.0 Å². The number of fused-ring (bicyclic) bond motifs is 1. The summed E-state index contributed by atoms with van der Waals surface area (Å²) >= 11 is 0. The predicted octanol–water partition coefficient (Wildman–Crippen LogP) is 2.27. The van der Waals surface area contributed by atoms with Gasteiger partial charge in [-0.05, 0) is 11.6 Å². The fourth-order valence-electron chi connectivity index (χ4n) is 1.80. The van der Waals surface area contributed by atoms with Crippen molar-refractivity contribution in [3.63, 3.8) is 0 Å². The van der Waals surface area contributed by atoms with Gasteiger partial charge >= 0.3 is 0 Å². The number of benzene rings is 1. The second kappa shape index (κ2) is 3.72. The van der Waals surface area contributed by atoms with Crippen LogP contribution in [0.1, 0.15) is 5.56 Å². The molecule has 0 saturated heterocycles. The van der Waals surface area contributed by atoms with Gasteiger partial charge in [0.05, 0.1) is 5.56 Å². The number of hydrogen-bond donors (Lipinski definition) is 0. The highest BCUT2D eigenvalue weighted by molar-refractivity contribution is 5.68. The van der Waals surface area contributed by atoms with Crippen LogP contribution < -0.4 is 0 Å². The second-order valence-electron chi connectivity index (χ2n) is 3.65. The van der Waals surface area contributed by atoms with Gasteiger partial charge in [-0.1, -0.05) is 30.3 Å². The average molecular weight is 220 g/mol. The van der Waals surface area contributed by atoms with Crippen LogP contribution in [-0.2, 0) is 0 Å². The normalized spacial score (nSPS) is 10.3. The summed E-state index contributed by atoms with van der Waals surface area (Å²) in [6.07, 6.45) is 3.32. The van der Waals surface area contributed by atoms with Gasteiger partial charge in [-0.25, -0.2) is 9.50 Å². The molecule has 17 heavy (non-hydrogen) atoms. The number of nitriles is 1. The Hall–Kier alpha value is -2.67. The molecule has 2 heterocycles. The molecule has 4 nitrogen and oxygen atoms in total. The maximum absolute atomic E-state index is 9.09. The minimum absolute atomic E-state index is 0.531. The van der Waals surface area contributed by atoms with Crippen molar-refractivity contribution in [2.24, 2.45) is 0 Å². The van der Waals surface area contributed by atoms with E-state index in [0.717, 1.165) is 11.1 Å². The number of hydrogen-bond acceptors (Lipinski definition) is 3. The molecule has 3 aromatic rings. The van der Waals surface area contributed by atoms with E-state index in [2.05, 4.69) is 16.2 Å². The Labute approximate surface area is 97.8 Å². The molecule has 0 fully saturated rings. The van der Waals surface area contributed by atoms with Crippen LogP contribution in [0, 0.1) is 11.3 Å². The van der Waals surface area contributed by atoms with Crippen LogP contribution in [0.4, 0.5) is 0 Å². The minimum atomic E-state index is 0.531. The summed E-state index contributed by atoms with van der Waals surface area (Å²) in [5.41, 5.74) is 3.14. The summed E-state index contributed by atoms with van der Waals surface area (Å²) < 4.78 is 1.63. The quantitative estimate of drug-likeness (QED) is 0.632. The number of pyridine rings is 1. The molecule has 80 valence electrons. The number of rotatable bonds is 1. The molecule has 0 atom stereocenters. The van der Waals surface area contributed by atoms with Crippen molar-refractivity contribution < 1.29 is 0 Å². The van der Waals surface area contributed by atoms with E-state index < -0.39 is 0 Å². The Bertz CT molecular complexity index is 707. The van der Waals surface area contributed by atoms with Gasteiger partial charge in [0.1, 0.15) is 12.4 Å². The third-order valence-electron chi connectivity index (χ3n) is 2.60. The van der Waals surface area contributed by atoms with Crippen molar-refractivity contribution in [2.45, 2.75) is 0 Å². The van der Waals surface area contributed by atoms with E-state index in [-0.39, 0.29) is 0 Å². The fraction of sp³-hybridized carbons (Fsp3) is 0. The summed E-state index contributed by atoms with van der Waals surface area (Å²) in [7, 11) is 0. The summed E-state index contributed by atoms with van der Waals surface area (Å²) in [5.74, 6) is 0. The first-order valence-corrected chi connectivity index (χ1v) is 5.17. The van der Waals surface area contributed by atoms with Crippen molar-refractivity contribution in [3.8, 4) is 17.2 Å². The SMILES string of the molecule is N#Cc1cc(-c2ccccc2)cn2ncnc12. The number of nitrogens with zero attached hydrogens (tertiary/aromatic N) is 4. The highest BCUT2D eigenvalue weighted by Crippen LogP contribution is 2.21. The molecule has 0 aliphatic carbocycles. The molecule has 3 rings (SSSR count). The van der Waals surface area contributed by atoms with Crippen molar-refractivity contribution in [2.75, 3.05) is 0 Å². The smallest absolute Gasteiger partial charge is 0.173 e. The van der Waals surface area contributed by atoms with Crippen LogP contribution in [0.25, 0.3) is 16.8 Å². The molecule has 4 heteroatoms. The molecule has 0 saturated carbocycles. The van der Waals surface area contributed by atoms with Gasteiger partial charge in [-0.2, -0.15) is 10.4 Å². The molecule has 2 aromatic heterocycles. The fourth-order valence-corrected chi connectivity index (χ4v) is 1.80. The van der Waals surface area contributed by atoms with Gasteiger partial charge in [-0.3, -0.25) is 0 Å². The van der Waals surface area contributed by atoms with Crippen LogP contribution in [-0.4, -0.2) is 14.6 Å². The first-order chi connectivity index (χ1) is 8.38. The summed E-state index contributed by atoms with van der Waals surface area (Å²) in [5, 5.41) is 13.2. The summed E-state index contributed by atoms with van der Waals surface area (Å²) in [6.45, 7) is 0. The third kappa shape index (κ3) is 1.54. The summed E-state index contributed by atoms with van der Waals surface area (Å²) in [4.78, 5) is 4.05. The first kappa shape index (κ1) is 9.55. The van der Waals surface area contributed by atoms with Gasteiger partial charge in [0.2, 0.25) is 0 Å².